The molecule has 0 amide bonds. The van der Waals surface area contributed by atoms with E-state index in [0.29, 0.717) is 6.04 Å². The van der Waals surface area contributed by atoms with Crippen LogP contribution in [0.15, 0.2) is 30.6 Å². The normalized spacial score (nSPS) is 20.6. The van der Waals surface area contributed by atoms with Crippen LogP contribution >= 0.6 is 0 Å². The lowest BCUT2D eigenvalue weighted by Crippen LogP contribution is -2.27. The number of fused-ring (bicyclic) bond motifs is 1. The number of pyridine rings is 2. The minimum absolute atomic E-state index is 0.596. The van der Waals surface area contributed by atoms with Gasteiger partial charge in [-0.05, 0) is 38.0 Å². The van der Waals surface area contributed by atoms with Crippen LogP contribution in [-0.4, -0.2) is 22.6 Å². The van der Waals surface area contributed by atoms with Crippen molar-refractivity contribution in [3.05, 3.63) is 30.6 Å². The number of hydrogen-bond donors (Lipinski definition) is 0. The van der Waals surface area contributed by atoms with Crippen LogP contribution < -0.4 is 4.90 Å². The van der Waals surface area contributed by atoms with Crippen molar-refractivity contribution in [1.29, 1.82) is 0 Å². The summed E-state index contributed by atoms with van der Waals surface area (Å²) in [7, 11) is 0. The lowest BCUT2D eigenvalue weighted by molar-refractivity contribution is 0.729. The first-order valence-electron chi connectivity index (χ1n) is 5.82. The fourth-order valence-corrected chi connectivity index (χ4v) is 2.46. The van der Waals surface area contributed by atoms with Gasteiger partial charge in [0.05, 0.1) is 5.52 Å². The Morgan fingerprint density at radius 3 is 3.00 bits per heavy atom. The van der Waals surface area contributed by atoms with Crippen LogP contribution in [0.1, 0.15) is 19.8 Å². The molecule has 0 aliphatic carbocycles. The fraction of sp³-hybridized carbons (Fsp3) is 0.385. The van der Waals surface area contributed by atoms with Crippen LogP contribution in [0.2, 0.25) is 0 Å². The smallest absolute Gasteiger partial charge is 0.138 e. The Hall–Kier alpha value is -1.64. The molecule has 0 spiro atoms. The average molecular weight is 213 g/mol. The predicted octanol–water partition coefficient (Wildman–Crippen LogP) is 2.62. The molecule has 82 valence electrons. The zero-order valence-corrected chi connectivity index (χ0v) is 9.43. The average Bonchev–Trinajstić information content (AvgIpc) is 2.75. The zero-order chi connectivity index (χ0) is 11.0. The summed E-state index contributed by atoms with van der Waals surface area (Å²) in [4.78, 5) is 11.3. The molecule has 1 saturated heterocycles. The highest BCUT2D eigenvalue weighted by Crippen LogP contribution is 2.28. The molecular weight excluding hydrogens is 198 g/mol. The molecular formula is C13H15N3. The first-order valence-corrected chi connectivity index (χ1v) is 5.82. The van der Waals surface area contributed by atoms with Crippen LogP contribution in [0, 0.1) is 0 Å². The molecule has 3 heteroatoms. The van der Waals surface area contributed by atoms with Crippen LogP contribution in [-0.2, 0) is 0 Å². The lowest BCUT2D eigenvalue weighted by atomic mass is 10.2. The third-order valence-corrected chi connectivity index (χ3v) is 3.33. The van der Waals surface area contributed by atoms with Gasteiger partial charge in [-0.3, -0.25) is 4.98 Å². The Morgan fingerprint density at radius 2 is 2.19 bits per heavy atom. The van der Waals surface area contributed by atoms with Gasteiger partial charge in [0.2, 0.25) is 0 Å². The SMILES string of the molecule is CC1CCCN1c1nccc2ncccc12. The topological polar surface area (TPSA) is 29.0 Å². The second-order valence-electron chi connectivity index (χ2n) is 4.39. The van der Waals surface area contributed by atoms with Gasteiger partial charge in [0.1, 0.15) is 5.82 Å². The Bertz CT molecular complexity index is 504. The van der Waals surface area contributed by atoms with Gasteiger partial charge in [-0.15, -0.1) is 0 Å². The van der Waals surface area contributed by atoms with E-state index in [2.05, 4.69) is 27.9 Å². The molecule has 1 atom stereocenters. The molecule has 1 unspecified atom stereocenters. The molecule has 0 N–H and O–H groups in total. The third-order valence-electron chi connectivity index (χ3n) is 3.33. The number of rotatable bonds is 1. The summed E-state index contributed by atoms with van der Waals surface area (Å²) in [6, 6.07) is 6.65. The Morgan fingerprint density at radius 1 is 1.25 bits per heavy atom. The van der Waals surface area contributed by atoms with E-state index < -0.39 is 0 Å². The van der Waals surface area contributed by atoms with E-state index in [1.807, 2.05) is 24.5 Å². The highest BCUT2D eigenvalue weighted by atomic mass is 15.2. The van der Waals surface area contributed by atoms with E-state index >= 15 is 0 Å². The van der Waals surface area contributed by atoms with Gasteiger partial charge in [0.15, 0.2) is 0 Å². The van der Waals surface area contributed by atoms with Crippen molar-refractivity contribution in [3.63, 3.8) is 0 Å². The first-order chi connectivity index (χ1) is 7.86. The van der Waals surface area contributed by atoms with Crippen molar-refractivity contribution in [2.45, 2.75) is 25.8 Å². The molecule has 16 heavy (non-hydrogen) atoms. The van der Waals surface area contributed by atoms with E-state index in [0.717, 1.165) is 17.9 Å². The molecule has 3 nitrogen and oxygen atoms in total. The summed E-state index contributed by atoms with van der Waals surface area (Å²) in [6.45, 7) is 3.38. The van der Waals surface area contributed by atoms with E-state index in [1.165, 1.54) is 18.2 Å². The summed E-state index contributed by atoms with van der Waals surface area (Å²) in [5.41, 5.74) is 1.03. The second-order valence-corrected chi connectivity index (χ2v) is 4.39. The van der Waals surface area contributed by atoms with Crippen molar-refractivity contribution in [2.75, 3.05) is 11.4 Å². The molecule has 2 aromatic heterocycles. The number of hydrogen-bond acceptors (Lipinski definition) is 3. The molecule has 1 fully saturated rings. The Kier molecular flexibility index (Phi) is 2.24. The summed E-state index contributed by atoms with van der Waals surface area (Å²) in [6.07, 6.45) is 6.22. The van der Waals surface area contributed by atoms with E-state index in [-0.39, 0.29) is 0 Å². The van der Waals surface area contributed by atoms with Crippen molar-refractivity contribution in [1.82, 2.24) is 9.97 Å². The molecule has 1 aliphatic rings. The summed E-state index contributed by atoms with van der Waals surface area (Å²) >= 11 is 0. The van der Waals surface area contributed by atoms with Gasteiger partial charge in [-0.25, -0.2) is 4.98 Å². The highest BCUT2D eigenvalue weighted by Gasteiger charge is 2.22. The van der Waals surface area contributed by atoms with Crippen molar-refractivity contribution >= 4 is 16.7 Å². The van der Waals surface area contributed by atoms with E-state index in [1.54, 1.807) is 0 Å². The van der Waals surface area contributed by atoms with Gasteiger partial charge >= 0.3 is 0 Å². The highest BCUT2D eigenvalue weighted by molar-refractivity contribution is 5.89. The number of anilines is 1. The maximum Gasteiger partial charge on any atom is 0.138 e. The Labute approximate surface area is 95.1 Å². The van der Waals surface area contributed by atoms with Gasteiger partial charge in [0, 0.05) is 30.4 Å². The molecule has 0 aromatic carbocycles. The second kappa shape index (κ2) is 3.74. The minimum atomic E-state index is 0.596. The van der Waals surface area contributed by atoms with Crippen molar-refractivity contribution in [2.24, 2.45) is 0 Å². The largest absolute Gasteiger partial charge is 0.353 e. The lowest BCUT2D eigenvalue weighted by Gasteiger charge is -2.23. The van der Waals surface area contributed by atoms with Crippen LogP contribution in [0.5, 0.6) is 0 Å². The van der Waals surface area contributed by atoms with Crippen molar-refractivity contribution in [3.8, 4) is 0 Å². The van der Waals surface area contributed by atoms with Gasteiger partial charge in [-0.1, -0.05) is 0 Å². The zero-order valence-electron chi connectivity index (χ0n) is 9.43. The molecule has 1 aliphatic heterocycles. The predicted molar refractivity (Wildman–Crippen MR) is 65.6 cm³/mol. The maximum absolute atomic E-state index is 4.53. The van der Waals surface area contributed by atoms with Crippen LogP contribution in [0.25, 0.3) is 10.9 Å². The number of nitrogens with zero attached hydrogens (tertiary/aromatic N) is 3. The molecule has 0 bridgehead atoms. The maximum atomic E-state index is 4.53. The summed E-state index contributed by atoms with van der Waals surface area (Å²) in [5.74, 6) is 1.09. The molecule has 3 rings (SSSR count). The van der Waals surface area contributed by atoms with E-state index in [4.69, 9.17) is 0 Å². The molecule has 2 aromatic rings. The van der Waals surface area contributed by atoms with Crippen LogP contribution in [0.3, 0.4) is 0 Å². The minimum Gasteiger partial charge on any atom is -0.353 e. The van der Waals surface area contributed by atoms with Crippen molar-refractivity contribution < 1.29 is 0 Å². The van der Waals surface area contributed by atoms with E-state index in [9.17, 15) is 0 Å². The molecule has 0 radical (unpaired) electrons. The first kappa shape index (κ1) is 9.58. The van der Waals surface area contributed by atoms with Gasteiger partial charge in [-0.2, -0.15) is 0 Å². The molecule has 3 heterocycles. The fourth-order valence-electron chi connectivity index (χ4n) is 2.46. The Balaban J connectivity index is 2.16. The summed E-state index contributed by atoms with van der Waals surface area (Å²) < 4.78 is 0. The van der Waals surface area contributed by atoms with Crippen LogP contribution in [0.4, 0.5) is 5.82 Å². The quantitative estimate of drug-likeness (QED) is 0.729. The summed E-state index contributed by atoms with van der Waals surface area (Å²) in [5, 5.41) is 1.17. The monoisotopic (exact) mass is 213 g/mol. The van der Waals surface area contributed by atoms with Gasteiger partial charge < -0.3 is 4.90 Å². The standard InChI is InChI=1S/C13H15N3/c1-10-4-3-9-16(10)13-11-5-2-7-14-12(11)6-8-15-13/h2,5-8,10H,3-4,9H2,1H3. The molecule has 0 saturated carbocycles. The van der Waals surface area contributed by atoms with Gasteiger partial charge in [0.25, 0.3) is 0 Å². The third kappa shape index (κ3) is 1.43. The number of aromatic nitrogens is 2.